The lowest BCUT2D eigenvalue weighted by Gasteiger charge is -2.08. The molecule has 2 rings (SSSR count). The van der Waals surface area contributed by atoms with E-state index in [1.807, 2.05) is 32.0 Å². The molecule has 1 heterocycles. The monoisotopic (exact) mass is 338 g/mol. The Kier molecular flexibility index (Phi) is 5.33. The maximum atomic E-state index is 12.1. The van der Waals surface area contributed by atoms with Gasteiger partial charge in [0.25, 0.3) is 10.0 Å². The number of sulfonamides is 1. The van der Waals surface area contributed by atoms with Crippen molar-refractivity contribution in [1.82, 2.24) is 4.72 Å². The number of carbonyl (C=O) groups excluding carboxylic acids is 1. The van der Waals surface area contributed by atoms with Crippen molar-refractivity contribution in [2.45, 2.75) is 24.5 Å². The standard InChI is InChI=1S/C15H18N2O3S2/c1-3-12-8-9-15(21-12)22(19,20)16-10-14(18)17-13-7-5-4-6-11(13)2/h4-9,16H,3,10H2,1-2H3,(H,17,18). The summed E-state index contributed by atoms with van der Waals surface area (Å²) < 4.78 is 26.8. The minimum Gasteiger partial charge on any atom is -0.325 e. The maximum Gasteiger partial charge on any atom is 0.250 e. The molecule has 2 N–H and O–H groups in total. The number of thiophene rings is 1. The van der Waals surface area contributed by atoms with Gasteiger partial charge in [-0.2, -0.15) is 0 Å². The van der Waals surface area contributed by atoms with Gasteiger partial charge in [-0.1, -0.05) is 25.1 Å². The van der Waals surface area contributed by atoms with Crippen LogP contribution in [0.15, 0.2) is 40.6 Å². The number of nitrogens with one attached hydrogen (secondary N) is 2. The summed E-state index contributed by atoms with van der Waals surface area (Å²) >= 11 is 1.22. The molecule has 7 heteroatoms. The fourth-order valence-electron chi connectivity index (χ4n) is 1.83. The Morgan fingerprint density at radius 3 is 2.55 bits per heavy atom. The van der Waals surface area contributed by atoms with Crippen LogP contribution in [0.5, 0.6) is 0 Å². The lowest BCUT2D eigenvalue weighted by molar-refractivity contribution is -0.115. The Balaban J connectivity index is 1.97. The molecule has 1 aromatic carbocycles. The largest absolute Gasteiger partial charge is 0.325 e. The van der Waals surface area contributed by atoms with Crippen LogP contribution >= 0.6 is 11.3 Å². The number of anilines is 1. The molecular weight excluding hydrogens is 320 g/mol. The van der Waals surface area contributed by atoms with Gasteiger partial charge in [-0.3, -0.25) is 4.79 Å². The van der Waals surface area contributed by atoms with Gasteiger partial charge in [-0.25, -0.2) is 13.1 Å². The van der Waals surface area contributed by atoms with Crippen LogP contribution in [0.4, 0.5) is 5.69 Å². The Labute approximate surface area is 134 Å². The molecule has 22 heavy (non-hydrogen) atoms. The first-order chi connectivity index (χ1) is 10.4. The van der Waals surface area contributed by atoms with Crippen molar-refractivity contribution in [2.24, 2.45) is 0 Å². The zero-order valence-corrected chi connectivity index (χ0v) is 14.1. The van der Waals surface area contributed by atoms with Crippen molar-refractivity contribution in [3.63, 3.8) is 0 Å². The summed E-state index contributed by atoms with van der Waals surface area (Å²) in [7, 11) is -3.64. The highest BCUT2D eigenvalue weighted by molar-refractivity contribution is 7.91. The Bertz CT molecular complexity index is 767. The normalized spacial score (nSPS) is 11.4. The quantitative estimate of drug-likeness (QED) is 0.850. The molecule has 0 saturated heterocycles. The summed E-state index contributed by atoms with van der Waals surface area (Å²) in [5.41, 5.74) is 1.60. The van der Waals surface area contributed by atoms with Crippen molar-refractivity contribution in [2.75, 3.05) is 11.9 Å². The predicted molar refractivity (Wildman–Crippen MR) is 88.7 cm³/mol. The van der Waals surface area contributed by atoms with Crippen molar-refractivity contribution >= 4 is 33.0 Å². The smallest absolute Gasteiger partial charge is 0.250 e. The van der Waals surface area contributed by atoms with E-state index < -0.39 is 15.9 Å². The highest BCUT2D eigenvalue weighted by atomic mass is 32.2. The number of hydrogen-bond acceptors (Lipinski definition) is 4. The highest BCUT2D eigenvalue weighted by Gasteiger charge is 2.17. The first-order valence-electron chi connectivity index (χ1n) is 6.86. The maximum absolute atomic E-state index is 12.1. The van der Waals surface area contributed by atoms with Gasteiger partial charge >= 0.3 is 0 Å². The molecule has 5 nitrogen and oxygen atoms in total. The van der Waals surface area contributed by atoms with E-state index in [0.29, 0.717) is 5.69 Å². The molecule has 0 saturated carbocycles. The van der Waals surface area contributed by atoms with Crippen LogP contribution in [-0.2, 0) is 21.2 Å². The van der Waals surface area contributed by atoms with Crippen molar-refractivity contribution in [3.8, 4) is 0 Å². The molecular formula is C15H18N2O3S2. The zero-order valence-electron chi connectivity index (χ0n) is 12.4. The molecule has 0 aliphatic rings. The van der Waals surface area contributed by atoms with Crippen LogP contribution in [0.3, 0.4) is 0 Å². The average Bonchev–Trinajstić information content (AvgIpc) is 2.98. The van der Waals surface area contributed by atoms with Crippen molar-refractivity contribution in [1.29, 1.82) is 0 Å². The van der Waals surface area contributed by atoms with Crippen LogP contribution in [-0.4, -0.2) is 20.9 Å². The lowest BCUT2D eigenvalue weighted by atomic mass is 10.2. The van der Waals surface area contributed by atoms with Gasteiger partial charge in [-0.15, -0.1) is 11.3 Å². The first-order valence-corrected chi connectivity index (χ1v) is 9.16. The highest BCUT2D eigenvalue weighted by Crippen LogP contribution is 2.21. The van der Waals surface area contributed by atoms with E-state index in [9.17, 15) is 13.2 Å². The van der Waals surface area contributed by atoms with Crippen LogP contribution in [0.2, 0.25) is 0 Å². The van der Waals surface area contributed by atoms with E-state index in [1.54, 1.807) is 18.2 Å². The molecule has 1 aromatic heterocycles. The third-order valence-electron chi connectivity index (χ3n) is 3.09. The number of carbonyl (C=O) groups is 1. The minimum atomic E-state index is -3.64. The van der Waals surface area contributed by atoms with Gasteiger partial charge in [0.15, 0.2) is 0 Å². The Morgan fingerprint density at radius 1 is 1.18 bits per heavy atom. The zero-order chi connectivity index (χ0) is 16.2. The third-order valence-corrected chi connectivity index (χ3v) is 6.21. The van der Waals surface area contributed by atoms with E-state index in [4.69, 9.17) is 0 Å². The molecule has 118 valence electrons. The van der Waals surface area contributed by atoms with E-state index >= 15 is 0 Å². The van der Waals surface area contributed by atoms with E-state index in [-0.39, 0.29) is 10.8 Å². The number of rotatable bonds is 6. The molecule has 0 bridgehead atoms. The minimum absolute atomic E-state index is 0.230. The molecule has 0 atom stereocenters. The topological polar surface area (TPSA) is 75.3 Å². The first kappa shape index (κ1) is 16.7. The summed E-state index contributed by atoms with van der Waals surface area (Å²) in [6.45, 7) is 3.54. The van der Waals surface area contributed by atoms with Gasteiger partial charge in [0.05, 0.1) is 6.54 Å². The molecule has 2 aromatic rings. The van der Waals surface area contributed by atoms with Gasteiger partial charge in [0.2, 0.25) is 5.91 Å². The van der Waals surface area contributed by atoms with E-state index in [0.717, 1.165) is 16.9 Å². The second-order valence-corrected chi connectivity index (χ2v) is 7.92. The summed E-state index contributed by atoms with van der Waals surface area (Å²) in [5.74, 6) is -0.398. The number of para-hydroxylation sites is 1. The molecule has 0 aliphatic heterocycles. The van der Waals surface area contributed by atoms with Gasteiger partial charge in [0.1, 0.15) is 4.21 Å². The predicted octanol–water partition coefficient (Wildman–Crippen LogP) is 2.54. The second kappa shape index (κ2) is 7.04. The molecule has 0 fully saturated rings. The number of hydrogen-bond donors (Lipinski definition) is 2. The molecule has 0 spiro atoms. The molecule has 0 radical (unpaired) electrons. The summed E-state index contributed by atoms with van der Waals surface area (Å²) in [6, 6.07) is 10.7. The fourth-order valence-corrected chi connectivity index (χ4v) is 4.15. The summed E-state index contributed by atoms with van der Waals surface area (Å²) in [5, 5.41) is 2.69. The number of aryl methyl sites for hydroxylation is 2. The van der Waals surface area contributed by atoms with Gasteiger partial charge in [0, 0.05) is 10.6 Å². The van der Waals surface area contributed by atoms with Gasteiger partial charge in [-0.05, 0) is 37.1 Å². The van der Waals surface area contributed by atoms with Crippen molar-refractivity contribution in [3.05, 3.63) is 46.8 Å². The van der Waals surface area contributed by atoms with E-state index in [1.165, 1.54) is 11.3 Å². The number of benzene rings is 1. The molecule has 0 aliphatic carbocycles. The van der Waals surface area contributed by atoms with Crippen LogP contribution < -0.4 is 10.0 Å². The van der Waals surface area contributed by atoms with Crippen molar-refractivity contribution < 1.29 is 13.2 Å². The SMILES string of the molecule is CCc1ccc(S(=O)(=O)NCC(=O)Nc2ccccc2C)s1. The lowest BCUT2D eigenvalue weighted by Crippen LogP contribution is -2.32. The van der Waals surface area contributed by atoms with Gasteiger partial charge < -0.3 is 5.32 Å². The fraction of sp³-hybridized carbons (Fsp3) is 0.267. The second-order valence-electron chi connectivity index (χ2n) is 4.76. The Morgan fingerprint density at radius 2 is 1.91 bits per heavy atom. The van der Waals surface area contributed by atoms with Crippen LogP contribution in [0, 0.1) is 6.92 Å². The number of amides is 1. The van der Waals surface area contributed by atoms with E-state index in [2.05, 4.69) is 10.0 Å². The van der Waals surface area contributed by atoms with Crippen LogP contribution in [0.25, 0.3) is 0 Å². The summed E-state index contributed by atoms with van der Waals surface area (Å²) in [4.78, 5) is 12.9. The molecule has 1 amide bonds. The average molecular weight is 338 g/mol. The third kappa shape index (κ3) is 4.16. The summed E-state index contributed by atoms with van der Waals surface area (Å²) in [6.07, 6.45) is 0.786. The van der Waals surface area contributed by atoms with Crippen LogP contribution in [0.1, 0.15) is 17.4 Å². The molecule has 0 unspecified atom stereocenters. The Hall–Kier alpha value is -1.70.